The number of rotatable bonds is 7. The molecule has 0 saturated heterocycles. The molecule has 0 radical (unpaired) electrons. The van der Waals surface area contributed by atoms with E-state index in [2.05, 4.69) is 10.1 Å². The van der Waals surface area contributed by atoms with Gasteiger partial charge in [-0.25, -0.2) is 4.79 Å². The normalized spacial score (nSPS) is 13.0. The lowest BCUT2D eigenvalue weighted by Gasteiger charge is -2.19. The Labute approximate surface area is 242 Å². The standard InChI is InChI=1S/C22H25NO6.C9H8O4/c1-12(24)23-16-8-6-13-10-19(27-3)21(28-4)22(29-5)20(13)14-7-9-18(26-2)17(25)11-15(14)16;1-6(10)13-8-5-3-2-4-7(8)9(11)12/h7,9-11,16H,6,8H2,1-5H3,(H,23,24);2-5H,1H3,(H,11,12)/t16-;/m0./s1. The van der Waals surface area contributed by atoms with Crippen LogP contribution in [0.3, 0.4) is 0 Å². The van der Waals surface area contributed by atoms with Crippen molar-refractivity contribution in [1.29, 1.82) is 0 Å². The van der Waals surface area contributed by atoms with Gasteiger partial charge >= 0.3 is 11.9 Å². The number of carboxylic acids is 1. The third kappa shape index (κ3) is 6.98. The number of aromatic carboxylic acids is 1. The Morgan fingerprint density at radius 2 is 1.50 bits per heavy atom. The van der Waals surface area contributed by atoms with Crippen LogP contribution in [-0.2, 0) is 16.0 Å². The predicted molar refractivity (Wildman–Crippen MR) is 154 cm³/mol. The average molecular weight is 580 g/mol. The number of aryl methyl sites for hydroxylation is 1. The highest BCUT2D eigenvalue weighted by Gasteiger charge is 2.29. The third-order valence-corrected chi connectivity index (χ3v) is 6.47. The molecular weight excluding hydrogens is 546 g/mol. The second-order valence-electron chi connectivity index (χ2n) is 9.15. The molecule has 2 N–H and O–H groups in total. The van der Waals surface area contributed by atoms with Gasteiger partial charge in [0, 0.05) is 19.4 Å². The van der Waals surface area contributed by atoms with Crippen molar-refractivity contribution < 1.29 is 43.2 Å². The minimum absolute atomic E-state index is 0.0160. The molecule has 0 saturated carbocycles. The molecule has 0 unspecified atom stereocenters. The van der Waals surface area contributed by atoms with E-state index in [4.69, 9.17) is 24.1 Å². The Bertz CT molecular complexity index is 1550. The van der Waals surface area contributed by atoms with E-state index >= 15 is 0 Å². The van der Waals surface area contributed by atoms with Crippen molar-refractivity contribution in [3.63, 3.8) is 0 Å². The summed E-state index contributed by atoms with van der Waals surface area (Å²) in [6.45, 7) is 2.69. The molecule has 0 spiro atoms. The van der Waals surface area contributed by atoms with Crippen molar-refractivity contribution >= 4 is 17.8 Å². The molecule has 3 aromatic carbocycles. The fourth-order valence-corrected chi connectivity index (χ4v) is 4.75. The number of esters is 1. The highest BCUT2D eigenvalue weighted by atomic mass is 16.5. The molecule has 4 rings (SSSR count). The van der Waals surface area contributed by atoms with Crippen LogP contribution in [0.4, 0.5) is 0 Å². The van der Waals surface area contributed by atoms with Crippen molar-refractivity contribution in [2.45, 2.75) is 32.7 Å². The van der Waals surface area contributed by atoms with Gasteiger partial charge in [0.25, 0.3) is 0 Å². The summed E-state index contributed by atoms with van der Waals surface area (Å²) in [6.07, 6.45) is 1.27. The largest absolute Gasteiger partial charge is 0.493 e. The molecule has 11 heteroatoms. The van der Waals surface area contributed by atoms with E-state index in [1.54, 1.807) is 39.5 Å². The lowest BCUT2D eigenvalue weighted by molar-refractivity contribution is -0.131. The number of fused-ring (bicyclic) bond motifs is 3. The SMILES string of the molecule is CC(=O)Oc1ccccc1C(=O)O.COc1cc2c(c(OC)c1OC)-c1ccc(OC)c(=O)cc1[C@@H](NC(C)=O)CC2. The van der Waals surface area contributed by atoms with Crippen molar-refractivity contribution in [2.75, 3.05) is 28.4 Å². The molecule has 1 aliphatic carbocycles. The maximum Gasteiger partial charge on any atom is 0.339 e. The molecule has 1 amide bonds. The molecule has 1 aliphatic rings. The van der Waals surface area contributed by atoms with Crippen LogP contribution in [0.5, 0.6) is 28.7 Å². The van der Waals surface area contributed by atoms with Crippen LogP contribution in [0.15, 0.2) is 53.3 Å². The van der Waals surface area contributed by atoms with Crippen LogP contribution in [-0.4, -0.2) is 51.4 Å². The van der Waals surface area contributed by atoms with Crippen LogP contribution in [0.2, 0.25) is 0 Å². The van der Waals surface area contributed by atoms with Gasteiger partial charge in [-0.05, 0) is 59.9 Å². The molecule has 42 heavy (non-hydrogen) atoms. The number of hydrogen-bond donors (Lipinski definition) is 2. The number of ether oxygens (including phenoxy) is 5. The molecule has 0 aromatic heterocycles. The fourth-order valence-electron chi connectivity index (χ4n) is 4.75. The number of carbonyl (C=O) groups excluding carboxylic acids is 2. The molecule has 0 fully saturated rings. The first-order valence-electron chi connectivity index (χ1n) is 12.9. The first kappa shape index (κ1) is 31.5. The highest BCUT2D eigenvalue weighted by molar-refractivity contribution is 5.91. The second-order valence-corrected chi connectivity index (χ2v) is 9.15. The molecule has 1 atom stereocenters. The molecular formula is C31H33NO10. The summed E-state index contributed by atoms with van der Waals surface area (Å²) >= 11 is 0. The summed E-state index contributed by atoms with van der Waals surface area (Å²) < 4.78 is 26.7. The lowest BCUT2D eigenvalue weighted by Crippen LogP contribution is -2.26. The Hall–Kier alpha value is -5.06. The smallest absolute Gasteiger partial charge is 0.339 e. The monoisotopic (exact) mass is 579 g/mol. The second kappa shape index (κ2) is 14.0. The number of nitrogens with one attached hydrogen (secondary N) is 1. The highest BCUT2D eigenvalue weighted by Crippen LogP contribution is 2.50. The van der Waals surface area contributed by atoms with Gasteiger partial charge < -0.3 is 34.1 Å². The van der Waals surface area contributed by atoms with Crippen LogP contribution >= 0.6 is 0 Å². The molecule has 0 heterocycles. The van der Waals surface area contributed by atoms with Gasteiger partial charge in [0.2, 0.25) is 17.1 Å². The van der Waals surface area contributed by atoms with Gasteiger partial charge in [-0.3, -0.25) is 14.4 Å². The lowest BCUT2D eigenvalue weighted by atomic mass is 9.95. The van der Waals surface area contributed by atoms with E-state index in [1.807, 2.05) is 12.1 Å². The quantitative estimate of drug-likeness (QED) is 0.309. The van der Waals surface area contributed by atoms with E-state index in [0.29, 0.717) is 35.7 Å². The minimum atomic E-state index is -1.11. The van der Waals surface area contributed by atoms with E-state index in [0.717, 1.165) is 16.7 Å². The number of benzene rings is 2. The molecule has 0 aliphatic heterocycles. The fraction of sp³-hybridized carbons (Fsp3) is 0.290. The van der Waals surface area contributed by atoms with Crippen LogP contribution in [0.25, 0.3) is 11.1 Å². The molecule has 222 valence electrons. The van der Waals surface area contributed by atoms with Crippen LogP contribution < -0.4 is 34.4 Å². The van der Waals surface area contributed by atoms with Crippen molar-refractivity contribution in [1.82, 2.24) is 5.32 Å². The van der Waals surface area contributed by atoms with Gasteiger partial charge in [-0.1, -0.05) is 18.2 Å². The Kier molecular flexibility index (Phi) is 10.5. The average Bonchev–Trinajstić information content (AvgIpc) is 3.20. The Balaban J connectivity index is 0.000000312. The van der Waals surface area contributed by atoms with Gasteiger partial charge in [0.15, 0.2) is 17.2 Å². The number of methoxy groups -OCH3 is 4. The zero-order chi connectivity index (χ0) is 31.0. The number of carbonyl (C=O) groups is 3. The van der Waals surface area contributed by atoms with E-state index in [1.165, 1.54) is 39.2 Å². The summed E-state index contributed by atoms with van der Waals surface area (Å²) in [5.41, 5.74) is 2.99. The van der Waals surface area contributed by atoms with Crippen molar-refractivity contribution in [3.8, 4) is 39.9 Å². The van der Waals surface area contributed by atoms with E-state index in [-0.39, 0.29) is 34.4 Å². The van der Waals surface area contributed by atoms with E-state index in [9.17, 15) is 19.2 Å². The summed E-state index contributed by atoms with van der Waals surface area (Å²) in [7, 11) is 6.14. The summed E-state index contributed by atoms with van der Waals surface area (Å²) in [5.74, 6) is 0.0290. The molecule has 11 nitrogen and oxygen atoms in total. The maximum atomic E-state index is 12.6. The predicted octanol–water partition coefficient (Wildman–Crippen LogP) is 4.18. The Morgan fingerprint density at radius 3 is 2.07 bits per heavy atom. The molecule has 0 bridgehead atoms. The van der Waals surface area contributed by atoms with Gasteiger partial charge in [-0.2, -0.15) is 0 Å². The van der Waals surface area contributed by atoms with Gasteiger partial charge in [0.05, 0.1) is 34.5 Å². The summed E-state index contributed by atoms with van der Waals surface area (Å²) in [5, 5.41) is 11.7. The van der Waals surface area contributed by atoms with Gasteiger partial charge in [-0.15, -0.1) is 0 Å². The number of para-hydroxylation sites is 1. The Morgan fingerprint density at radius 1 is 0.833 bits per heavy atom. The van der Waals surface area contributed by atoms with Gasteiger partial charge in [0.1, 0.15) is 11.3 Å². The zero-order valence-electron chi connectivity index (χ0n) is 24.2. The first-order chi connectivity index (χ1) is 20.1. The molecule has 3 aromatic rings. The minimum Gasteiger partial charge on any atom is -0.493 e. The zero-order valence-corrected chi connectivity index (χ0v) is 24.2. The van der Waals surface area contributed by atoms with Crippen molar-refractivity contribution in [2.24, 2.45) is 0 Å². The van der Waals surface area contributed by atoms with Crippen molar-refractivity contribution in [3.05, 3.63) is 75.4 Å². The maximum absolute atomic E-state index is 12.6. The topological polar surface area (TPSA) is 147 Å². The third-order valence-electron chi connectivity index (χ3n) is 6.47. The van der Waals surface area contributed by atoms with Crippen LogP contribution in [0.1, 0.15) is 47.8 Å². The summed E-state index contributed by atoms with van der Waals surface area (Å²) in [4.78, 5) is 45.7. The number of amides is 1. The number of hydrogen-bond acceptors (Lipinski definition) is 9. The summed E-state index contributed by atoms with van der Waals surface area (Å²) in [6, 6.07) is 12.5. The van der Waals surface area contributed by atoms with E-state index < -0.39 is 11.9 Å². The first-order valence-corrected chi connectivity index (χ1v) is 12.9. The number of carboxylic acid groups (broad SMARTS) is 1. The van der Waals surface area contributed by atoms with Crippen LogP contribution in [0, 0.1) is 0 Å².